The van der Waals surface area contributed by atoms with Crippen LogP contribution in [0.1, 0.15) is 5.56 Å². The third-order valence-corrected chi connectivity index (χ3v) is 7.18. The maximum atomic E-state index is 12.5. The minimum absolute atomic E-state index is 0.163. The number of pyridine rings is 1. The smallest absolute Gasteiger partial charge is 0.258 e. The van der Waals surface area contributed by atoms with Crippen LogP contribution in [0.3, 0.4) is 0 Å². The van der Waals surface area contributed by atoms with E-state index in [2.05, 4.69) is 10.1 Å². The molecule has 2 aromatic heterocycles. The molecule has 4 rings (SSSR count). The van der Waals surface area contributed by atoms with Gasteiger partial charge in [0.1, 0.15) is 12.4 Å². The lowest BCUT2D eigenvalue weighted by Gasteiger charge is -2.11. The second-order valence-electron chi connectivity index (χ2n) is 8.11. The summed E-state index contributed by atoms with van der Waals surface area (Å²) in [5, 5.41) is 4.04. The Balaban J connectivity index is 1.54. The van der Waals surface area contributed by atoms with Gasteiger partial charge >= 0.3 is 0 Å². The van der Waals surface area contributed by atoms with Crippen molar-refractivity contribution in [3.8, 4) is 28.6 Å². The third-order valence-electron chi connectivity index (χ3n) is 5.36. The standard InChI is InChI=1S/C25H26N4O6S/c1-28(2)36(31,32)22-10-7-19(8-11-22)25-26-24(27-35-25)20-9-12-23(30)29(17-20)16-18-5-4-6-21(15-18)34-14-13-33-3/h4-12,15,17H,13-14,16H2,1-3H3. The second kappa shape index (κ2) is 10.9. The van der Waals surface area contributed by atoms with Gasteiger partial charge in [-0.15, -0.1) is 0 Å². The fourth-order valence-electron chi connectivity index (χ4n) is 3.40. The van der Waals surface area contributed by atoms with Crippen LogP contribution >= 0.6 is 0 Å². The number of hydrogen-bond donors (Lipinski definition) is 0. The molecule has 0 aliphatic carbocycles. The van der Waals surface area contributed by atoms with Crippen molar-refractivity contribution in [2.45, 2.75) is 11.4 Å². The van der Waals surface area contributed by atoms with E-state index in [0.717, 1.165) is 9.87 Å². The van der Waals surface area contributed by atoms with E-state index in [1.807, 2.05) is 24.3 Å². The number of rotatable bonds is 10. The summed E-state index contributed by atoms with van der Waals surface area (Å²) in [6.45, 7) is 1.25. The first-order valence-electron chi connectivity index (χ1n) is 11.1. The number of nitrogens with zero attached hydrogens (tertiary/aromatic N) is 4. The highest BCUT2D eigenvalue weighted by Crippen LogP contribution is 2.24. The van der Waals surface area contributed by atoms with Crippen molar-refractivity contribution < 1.29 is 22.4 Å². The molecule has 0 bridgehead atoms. The Hall–Kier alpha value is -3.80. The van der Waals surface area contributed by atoms with Crippen molar-refractivity contribution >= 4 is 10.0 Å². The topological polar surface area (TPSA) is 117 Å². The normalized spacial score (nSPS) is 11.7. The predicted molar refractivity (Wildman–Crippen MR) is 133 cm³/mol. The van der Waals surface area contributed by atoms with Crippen LogP contribution in [0, 0.1) is 0 Å². The molecular formula is C25H26N4O6S. The summed E-state index contributed by atoms with van der Waals surface area (Å²) < 4.78 is 43.3. The molecule has 0 amide bonds. The SMILES string of the molecule is COCCOc1cccc(Cn2cc(-c3noc(-c4ccc(S(=O)(=O)N(C)C)cc4)n3)ccc2=O)c1. The molecule has 0 saturated carbocycles. The molecule has 2 aromatic carbocycles. The van der Waals surface area contributed by atoms with E-state index in [4.69, 9.17) is 14.0 Å². The Bertz CT molecular complexity index is 1490. The first kappa shape index (κ1) is 25.3. The molecule has 0 aliphatic rings. The average Bonchev–Trinajstić information content (AvgIpc) is 3.36. The maximum absolute atomic E-state index is 12.5. The van der Waals surface area contributed by atoms with Crippen LogP contribution in [-0.4, -0.2) is 61.8 Å². The van der Waals surface area contributed by atoms with E-state index in [9.17, 15) is 13.2 Å². The number of sulfonamides is 1. The highest BCUT2D eigenvalue weighted by molar-refractivity contribution is 7.89. The summed E-state index contributed by atoms with van der Waals surface area (Å²) in [6, 6.07) is 16.8. The molecule has 10 nitrogen and oxygen atoms in total. The van der Waals surface area contributed by atoms with Crippen molar-refractivity contribution in [3.63, 3.8) is 0 Å². The highest BCUT2D eigenvalue weighted by atomic mass is 32.2. The molecule has 0 aliphatic heterocycles. The van der Waals surface area contributed by atoms with Gasteiger partial charge < -0.3 is 18.6 Å². The molecule has 36 heavy (non-hydrogen) atoms. The van der Waals surface area contributed by atoms with E-state index >= 15 is 0 Å². The van der Waals surface area contributed by atoms with Crippen LogP contribution in [0.2, 0.25) is 0 Å². The average molecular weight is 511 g/mol. The summed E-state index contributed by atoms with van der Waals surface area (Å²) in [7, 11) is 1.02. The fraction of sp³-hybridized carbons (Fsp3) is 0.240. The van der Waals surface area contributed by atoms with Gasteiger partial charge in [0, 0.05) is 44.6 Å². The largest absolute Gasteiger partial charge is 0.491 e. The molecule has 0 unspecified atom stereocenters. The Kier molecular flexibility index (Phi) is 7.63. The van der Waals surface area contributed by atoms with E-state index in [1.54, 1.807) is 36.1 Å². The number of methoxy groups -OCH3 is 1. The Labute approximate surface area is 208 Å². The van der Waals surface area contributed by atoms with Crippen LogP contribution in [0.4, 0.5) is 0 Å². The summed E-state index contributed by atoms with van der Waals surface area (Å²) in [4.78, 5) is 17.1. The molecule has 188 valence electrons. The maximum Gasteiger partial charge on any atom is 0.258 e. The first-order chi connectivity index (χ1) is 17.3. The zero-order chi connectivity index (χ0) is 25.7. The summed E-state index contributed by atoms with van der Waals surface area (Å²) >= 11 is 0. The van der Waals surface area contributed by atoms with Crippen LogP contribution in [-0.2, 0) is 21.3 Å². The summed E-state index contributed by atoms with van der Waals surface area (Å²) in [5.41, 5.74) is 1.89. The van der Waals surface area contributed by atoms with Crippen molar-refractivity contribution in [2.75, 3.05) is 34.4 Å². The minimum Gasteiger partial charge on any atom is -0.491 e. The zero-order valence-corrected chi connectivity index (χ0v) is 20.9. The molecule has 0 atom stereocenters. The summed E-state index contributed by atoms with van der Waals surface area (Å²) in [5.74, 6) is 1.24. The quantitative estimate of drug-likeness (QED) is 0.299. The number of benzene rings is 2. The highest BCUT2D eigenvalue weighted by Gasteiger charge is 2.18. The Morgan fingerprint density at radius 3 is 2.47 bits per heavy atom. The van der Waals surface area contributed by atoms with Crippen molar-refractivity contribution in [3.05, 3.63) is 82.8 Å². The van der Waals surface area contributed by atoms with Crippen LogP contribution in [0.15, 0.2) is 81.1 Å². The molecule has 0 N–H and O–H groups in total. The predicted octanol–water partition coefficient (Wildman–Crippen LogP) is 2.89. The van der Waals surface area contributed by atoms with Gasteiger partial charge in [0.2, 0.25) is 15.8 Å². The lowest BCUT2D eigenvalue weighted by molar-refractivity contribution is 0.146. The fourth-order valence-corrected chi connectivity index (χ4v) is 4.30. The van der Waals surface area contributed by atoms with Gasteiger partial charge in [-0.3, -0.25) is 4.79 Å². The zero-order valence-electron chi connectivity index (χ0n) is 20.1. The molecule has 0 saturated heterocycles. The van der Waals surface area contributed by atoms with Gasteiger partial charge in [0.25, 0.3) is 11.4 Å². The Morgan fingerprint density at radius 1 is 1.00 bits per heavy atom. The van der Waals surface area contributed by atoms with Gasteiger partial charge in [-0.1, -0.05) is 17.3 Å². The lowest BCUT2D eigenvalue weighted by Crippen LogP contribution is -2.22. The van der Waals surface area contributed by atoms with Gasteiger partial charge in [0.15, 0.2) is 0 Å². The van der Waals surface area contributed by atoms with Gasteiger partial charge in [-0.2, -0.15) is 4.98 Å². The molecule has 11 heteroatoms. The van der Waals surface area contributed by atoms with Gasteiger partial charge in [0.05, 0.1) is 18.0 Å². The van der Waals surface area contributed by atoms with Gasteiger partial charge in [-0.05, 0) is 48.0 Å². The minimum atomic E-state index is -3.54. The molecule has 2 heterocycles. The summed E-state index contributed by atoms with van der Waals surface area (Å²) in [6.07, 6.45) is 1.67. The number of hydrogen-bond acceptors (Lipinski definition) is 8. The van der Waals surface area contributed by atoms with E-state index < -0.39 is 10.0 Å². The third kappa shape index (κ3) is 5.70. The lowest BCUT2D eigenvalue weighted by atomic mass is 10.2. The number of aromatic nitrogens is 3. The van der Waals surface area contributed by atoms with E-state index in [0.29, 0.717) is 42.5 Å². The van der Waals surface area contributed by atoms with E-state index in [-0.39, 0.29) is 16.3 Å². The van der Waals surface area contributed by atoms with E-state index in [1.165, 1.54) is 32.3 Å². The molecule has 4 aromatic rings. The van der Waals surface area contributed by atoms with Crippen molar-refractivity contribution in [2.24, 2.45) is 0 Å². The van der Waals surface area contributed by atoms with Crippen LogP contribution in [0.25, 0.3) is 22.8 Å². The first-order valence-corrected chi connectivity index (χ1v) is 12.5. The van der Waals surface area contributed by atoms with Crippen LogP contribution < -0.4 is 10.3 Å². The second-order valence-corrected chi connectivity index (χ2v) is 10.3. The van der Waals surface area contributed by atoms with Gasteiger partial charge in [-0.25, -0.2) is 12.7 Å². The molecule has 0 fully saturated rings. The monoisotopic (exact) mass is 510 g/mol. The number of ether oxygens (including phenoxy) is 2. The molecule has 0 spiro atoms. The Morgan fingerprint density at radius 2 is 1.75 bits per heavy atom. The molecule has 0 radical (unpaired) electrons. The van der Waals surface area contributed by atoms with Crippen molar-refractivity contribution in [1.29, 1.82) is 0 Å². The van der Waals surface area contributed by atoms with Crippen LogP contribution in [0.5, 0.6) is 5.75 Å². The molecular weight excluding hydrogens is 484 g/mol. The van der Waals surface area contributed by atoms with Crippen molar-refractivity contribution in [1.82, 2.24) is 19.0 Å².